The molecule has 5 nitrogen and oxygen atoms in total. The number of benzene rings is 2. The predicted octanol–water partition coefficient (Wildman–Crippen LogP) is 2.88. The van der Waals surface area contributed by atoms with Crippen molar-refractivity contribution < 1.29 is 9.31 Å². The van der Waals surface area contributed by atoms with Crippen molar-refractivity contribution in [3.8, 4) is 0 Å². The molecule has 108 valence electrons. The molecule has 0 aliphatic carbocycles. The Kier molecular flexibility index (Phi) is 3.21. The molecule has 0 atom stereocenters. The van der Waals surface area contributed by atoms with Gasteiger partial charge >= 0.3 is 0 Å². The van der Waals surface area contributed by atoms with Crippen LogP contribution in [0.5, 0.6) is 0 Å². The lowest BCUT2D eigenvalue weighted by Gasteiger charge is -2.31. The number of nitrogen functional groups attached to an aromatic ring is 1. The molecule has 0 amide bonds. The van der Waals surface area contributed by atoms with Crippen LogP contribution in [0.2, 0.25) is 0 Å². The van der Waals surface area contributed by atoms with Gasteiger partial charge in [0, 0.05) is 30.5 Å². The largest absolute Gasteiger partial charge is 0.398 e. The zero-order valence-electron chi connectivity index (χ0n) is 11.3. The number of rotatable bonds is 2. The van der Waals surface area contributed by atoms with E-state index in [1.807, 2.05) is 23.1 Å². The van der Waals surface area contributed by atoms with Crippen LogP contribution in [0.1, 0.15) is 11.1 Å². The molecule has 0 saturated heterocycles. The second kappa shape index (κ2) is 5.05. The van der Waals surface area contributed by atoms with Crippen LogP contribution >= 0.6 is 0 Å². The zero-order chi connectivity index (χ0) is 15.0. The summed E-state index contributed by atoms with van der Waals surface area (Å²) in [6.45, 7) is 1.23. The van der Waals surface area contributed by atoms with Crippen molar-refractivity contribution in [2.24, 2.45) is 0 Å². The van der Waals surface area contributed by atoms with Gasteiger partial charge in [-0.2, -0.15) is 0 Å². The molecular formula is C15H14FN3O2. The number of halogens is 1. The molecule has 0 fully saturated rings. The van der Waals surface area contributed by atoms with E-state index in [1.165, 1.54) is 12.1 Å². The molecule has 3 rings (SSSR count). The third kappa shape index (κ3) is 2.52. The van der Waals surface area contributed by atoms with Crippen molar-refractivity contribution in [2.75, 3.05) is 17.2 Å². The molecule has 21 heavy (non-hydrogen) atoms. The first kappa shape index (κ1) is 13.4. The number of hydrogen-bond acceptors (Lipinski definition) is 4. The maximum atomic E-state index is 13.6. The predicted molar refractivity (Wildman–Crippen MR) is 78.7 cm³/mol. The summed E-state index contributed by atoms with van der Waals surface area (Å²) >= 11 is 0. The van der Waals surface area contributed by atoms with E-state index in [2.05, 4.69) is 0 Å². The number of nitro groups is 1. The fraction of sp³-hybridized carbons (Fsp3) is 0.200. The molecule has 1 aliphatic rings. The Morgan fingerprint density at radius 3 is 2.86 bits per heavy atom. The van der Waals surface area contributed by atoms with Gasteiger partial charge in [0.05, 0.1) is 11.0 Å². The Hall–Kier alpha value is -2.63. The second-order valence-electron chi connectivity index (χ2n) is 5.08. The Balaban J connectivity index is 1.94. The Labute approximate surface area is 120 Å². The lowest BCUT2D eigenvalue weighted by Crippen LogP contribution is -2.30. The molecule has 0 saturated carbocycles. The highest BCUT2D eigenvalue weighted by molar-refractivity contribution is 5.58. The van der Waals surface area contributed by atoms with Gasteiger partial charge in [0.2, 0.25) is 0 Å². The minimum absolute atomic E-state index is 0.233. The fourth-order valence-electron chi connectivity index (χ4n) is 2.71. The van der Waals surface area contributed by atoms with E-state index in [9.17, 15) is 14.5 Å². The highest BCUT2D eigenvalue weighted by Crippen LogP contribution is 2.30. The van der Waals surface area contributed by atoms with E-state index in [0.29, 0.717) is 18.8 Å². The molecule has 2 N–H and O–H groups in total. The summed E-state index contributed by atoms with van der Waals surface area (Å²) in [6.07, 6.45) is 0.742. The average molecular weight is 287 g/mol. The van der Waals surface area contributed by atoms with E-state index in [0.717, 1.165) is 29.3 Å². The van der Waals surface area contributed by atoms with Crippen molar-refractivity contribution in [3.63, 3.8) is 0 Å². The summed E-state index contributed by atoms with van der Waals surface area (Å²) in [5, 5.41) is 10.8. The van der Waals surface area contributed by atoms with Crippen LogP contribution in [-0.4, -0.2) is 11.5 Å². The number of anilines is 2. The van der Waals surface area contributed by atoms with E-state index in [4.69, 9.17) is 5.73 Å². The molecule has 0 bridgehead atoms. The summed E-state index contributed by atoms with van der Waals surface area (Å²) in [6, 6.07) is 9.38. The van der Waals surface area contributed by atoms with Crippen LogP contribution in [-0.2, 0) is 13.0 Å². The summed E-state index contributed by atoms with van der Waals surface area (Å²) < 4.78 is 13.6. The van der Waals surface area contributed by atoms with Crippen LogP contribution in [0.25, 0.3) is 0 Å². The number of hydrogen-bond donors (Lipinski definition) is 1. The van der Waals surface area contributed by atoms with Crippen LogP contribution in [0.15, 0.2) is 36.4 Å². The quantitative estimate of drug-likeness (QED) is 0.523. The summed E-state index contributed by atoms with van der Waals surface area (Å²) in [5.74, 6) is -0.599. The Morgan fingerprint density at radius 1 is 1.29 bits per heavy atom. The number of nitro benzene ring substituents is 1. The van der Waals surface area contributed by atoms with Gasteiger partial charge in [0.25, 0.3) is 5.69 Å². The van der Waals surface area contributed by atoms with Gasteiger partial charge in [-0.3, -0.25) is 10.1 Å². The minimum Gasteiger partial charge on any atom is -0.398 e. The van der Waals surface area contributed by atoms with Gasteiger partial charge in [-0.1, -0.05) is 12.1 Å². The molecule has 0 unspecified atom stereocenters. The highest BCUT2D eigenvalue weighted by atomic mass is 19.1. The van der Waals surface area contributed by atoms with Gasteiger partial charge in [0.15, 0.2) is 0 Å². The van der Waals surface area contributed by atoms with Gasteiger partial charge in [-0.15, -0.1) is 0 Å². The molecule has 6 heteroatoms. The molecular weight excluding hydrogens is 273 g/mol. The van der Waals surface area contributed by atoms with Crippen LogP contribution in [0.4, 0.5) is 21.5 Å². The van der Waals surface area contributed by atoms with Gasteiger partial charge in [-0.25, -0.2) is 4.39 Å². The molecule has 2 aromatic rings. The highest BCUT2D eigenvalue weighted by Gasteiger charge is 2.20. The zero-order valence-corrected chi connectivity index (χ0v) is 11.3. The minimum atomic E-state index is -0.599. The Morgan fingerprint density at radius 2 is 2.10 bits per heavy atom. The third-order valence-electron chi connectivity index (χ3n) is 3.75. The number of nitrogens with zero attached hydrogens (tertiary/aromatic N) is 2. The molecule has 2 aromatic carbocycles. The van der Waals surface area contributed by atoms with E-state index >= 15 is 0 Å². The van der Waals surface area contributed by atoms with E-state index in [-0.39, 0.29) is 5.69 Å². The van der Waals surface area contributed by atoms with Gasteiger partial charge in [0.1, 0.15) is 5.82 Å². The summed E-state index contributed by atoms with van der Waals surface area (Å²) in [4.78, 5) is 12.2. The van der Waals surface area contributed by atoms with Crippen molar-refractivity contribution in [3.05, 3.63) is 63.5 Å². The standard InChI is InChI=1S/C15H14FN3O2/c16-11-6-12(8-13(7-11)19(20)21)18-5-4-14-10(9-18)2-1-3-15(14)17/h1-3,6-8H,4-5,9,17H2. The molecule has 0 aromatic heterocycles. The smallest absolute Gasteiger partial charge is 0.274 e. The average Bonchev–Trinajstić information content (AvgIpc) is 2.46. The van der Waals surface area contributed by atoms with Gasteiger partial charge < -0.3 is 10.6 Å². The maximum Gasteiger partial charge on any atom is 0.274 e. The third-order valence-corrected chi connectivity index (χ3v) is 3.75. The first-order valence-corrected chi connectivity index (χ1v) is 6.61. The molecule has 1 aliphatic heterocycles. The number of fused-ring (bicyclic) bond motifs is 1. The van der Waals surface area contributed by atoms with Crippen LogP contribution < -0.4 is 10.6 Å². The SMILES string of the molecule is Nc1cccc2c1CCN(c1cc(F)cc([N+](=O)[O-])c1)C2. The van der Waals surface area contributed by atoms with Crippen molar-refractivity contribution >= 4 is 17.1 Å². The van der Waals surface area contributed by atoms with Crippen LogP contribution in [0, 0.1) is 15.9 Å². The molecule has 0 spiro atoms. The monoisotopic (exact) mass is 287 g/mol. The van der Waals surface area contributed by atoms with Crippen LogP contribution in [0.3, 0.4) is 0 Å². The lowest BCUT2D eigenvalue weighted by molar-refractivity contribution is -0.385. The second-order valence-corrected chi connectivity index (χ2v) is 5.08. The normalized spacial score (nSPS) is 13.9. The van der Waals surface area contributed by atoms with Crippen molar-refractivity contribution in [1.82, 2.24) is 0 Å². The van der Waals surface area contributed by atoms with E-state index < -0.39 is 10.7 Å². The topological polar surface area (TPSA) is 72.4 Å². The molecule has 0 radical (unpaired) electrons. The van der Waals surface area contributed by atoms with Crippen molar-refractivity contribution in [2.45, 2.75) is 13.0 Å². The fourth-order valence-corrected chi connectivity index (χ4v) is 2.71. The summed E-state index contributed by atoms with van der Waals surface area (Å²) in [7, 11) is 0. The van der Waals surface area contributed by atoms with Gasteiger partial charge in [-0.05, 0) is 29.7 Å². The first-order valence-electron chi connectivity index (χ1n) is 6.61. The summed E-state index contributed by atoms with van der Waals surface area (Å²) in [5.41, 5.74) is 9.18. The number of nitrogens with two attached hydrogens (primary N) is 1. The van der Waals surface area contributed by atoms with E-state index in [1.54, 1.807) is 0 Å². The lowest BCUT2D eigenvalue weighted by atomic mass is 9.97. The Bertz CT molecular complexity index is 718. The maximum absolute atomic E-state index is 13.6. The molecule has 1 heterocycles. The van der Waals surface area contributed by atoms with Crippen molar-refractivity contribution in [1.29, 1.82) is 0 Å². The number of non-ortho nitro benzene ring substituents is 1. The first-order chi connectivity index (χ1) is 10.0.